The number of nitrogens with zero attached hydrogens (tertiary/aromatic N) is 2. The molecule has 0 unspecified atom stereocenters. The van der Waals surface area contributed by atoms with Crippen LogP contribution >= 0.6 is 0 Å². The van der Waals surface area contributed by atoms with Crippen LogP contribution in [0.15, 0.2) is 36.5 Å². The molecule has 21 heavy (non-hydrogen) atoms. The van der Waals surface area contributed by atoms with Gasteiger partial charge in [0, 0.05) is 24.2 Å². The first-order chi connectivity index (χ1) is 10.4. The molecule has 0 aliphatic carbocycles. The molecule has 1 aliphatic heterocycles. The Morgan fingerprint density at radius 2 is 2.00 bits per heavy atom. The maximum absolute atomic E-state index is 4.45. The van der Waals surface area contributed by atoms with Crippen molar-refractivity contribution >= 4 is 10.9 Å². The molecule has 112 valence electrons. The van der Waals surface area contributed by atoms with E-state index in [1.54, 1.807) is 0 Å². The van der Waals surface area contributed by atoms with Crippen LogP contribution in [0.25, 0.3) is 10.9 Å². The van der Waals surface area contributed by atoms with Gasteiger partial charge >= 0.3 is 0 Å². The summed E-state index contributed by atoms with van der Waals surface area (Å²) >= 11 is 0. The van der Waals surface area contributed by atoms with Gasteiger partial charge in [-0.3, -0.25) is 9.88 Å². The quantitative estimate of drug-likeness (QED) is 0.913. The molecule has 2 aromatic rings. The molecule has 0 spiro atoms. The summed E-state index contributed by atoms with van der Waals surface area (Å²) in [7, 11) is 0. The molecule has 1 saturated heterocycles. The number of pyridine rings is 1. The Morgan fingerprint density at radius 3 is 2.81 bits per heavy atom. The molecular formula is C18H25N3. The molecule has 1 fully saturated rings. The highest BCUT2D eigenvalue weighted by Crippen LogP contribution is 2.20. The Labute approximate surface area is 127 Å². The zero-order valence-electron chi connectivity index (χ0n) is 12.9. The first-order valence-corrected chi connectivity index (χ1v) is 8.15. The van der Waals surface area contributed by atoms with Crippen LogP contribution in [0, 0.1) is 0 Å². The molecule has 1 N–H and O–H groups in total. The molecule has 0 saturated carbocycles. The highest BCUT2D eigenvalue weighted by Gasteiger charge is 2.18. The summed E-state index contributed by atoms with van der Waals surface area (Å²) < 4.78 is 0. The Morgan fingerprint density at radius 1 is 1.19 bits per heavy atom. The average molecular weight is 283 g/mol. The number of likely N-dealkylation sites (tertiary alicyclic amines) is 1. The number of hydrogen-bond acceptors (Lipinski definition) is 3. The van der Waals surface area contributed by atoms with Gasteiger partial charge in [0.05, 0.1) is 5.52 Å². The Balaban J connectivity index is 1.62. The summed E-state index contributed by atoms with van der Waals surface area (Å²) in [5, 5.41) is 4.95. The maximum atomic E-state index is 4.45. The number of rotatable bonds is 5. The normalized spacial score (nSPS) is 17.4. The van der Waals surface area contributed by atoms with Crippen molar-refractivity contribution in [1.82, 2.24) is 15.2 Å². The van der Waals surface area contributed by atoms with E-state index in [1.807, 2.05) is 6.20 Å². The van der Waals surface area contributed by atoms with Gasteiger partial charge in [-0.1, -0.05) is 25.1 Å². The van der Waals surface area contributed by atoms with E-state index in [2.05, 4.69) is 52.5 Å². The topological polar surface area (TPSA) is 28.2 Å². The van der Waals surface area contributed by atoms with E-state index in [4.69, 9.17) is 0 Å². The minimum Gasteiger partial charge on any atom is -0.314 e. The van der Waals surface area contributed by atoms with Crippen molar-refractivity contribution in [3.63, 3.8) is 0 Å². The zero-order chi connectivity index (χ0) is 14.5. The number of benzene rings is 1. The Hall–Kier alpha value is -1.45. The van der Waals surface area contributed by atoms with Gasteiger partial charge in [0.15, 0.2) is 0 Å². The van der Waals surface area contributed by atoms with Gasteiger partial charge in [-0.2, -0.15) is 0 Å². The molecule has 0 bridgehead atoms. The van der Waals surface area contributed by atoms with E-state index in [0.717, 1.165) is 24.6 Å². The van der Waals surface area contributed by atoms with Crippen LogP contribution in [0.4, 0.5) is 0 Å². The molecule has 0 amide bonds. The largest absolute Gasteiger partial charge is 0.314 e. The minimum absolute atomic E-state index is 0.718. The second-order valence-electron chi connectivity index (χ2n) is 5.99. The smallest absolute Gasteiger partial charge is 0.0705 e. The predicted molar refractivity (Wildman–Crippen MR) is 88.3 cm³/mol. The summed E-state index contributed by atoms with van der Waals surface area (Å²) in [6, 6.07) is 11.3. The van der Waals surface area contributed by atoms with E-state index in [-0.39, 0.29) is 0 Å². The van der Waals surface area contributed by atoms with E-state index in [0.29, 0.717) is 0 Å². The average Bonchev–Trinajstić information content (AvgIpc) is 2.55. The van der Waals surface area contributed by atoms with Gasteiger partial charge in [0.1, 0.15) is 0 Å². The molecule has 1 aromatic carbocycles. The van der Waals surface area contributed by atoms with Gasteiger partial charge in [-0.05, 0) is 56.6 Å². The molecule has 3 rings (SSSR count). The monoisotopic (exact) mass is 283 g/mol. The fourth-order valence-corrected chi connectivity index (χ4v) is 3.18. The molecular weight excluding hydrogens is 258 g/mol. The first kappa shape index (κ1) is 14.5. The molecule has 1 aliphatic rings. The van der Waals surface area contributed by atoms with Gasteiger partial charge in [0.2, 0.25) is 0 Å². The van der Waals surface area contributed by atoms with Crippen molar-refractivity contribution in [2.75, 3.05) is 19.6 Å². The fourth-order valence-electron chi connectivity index (χ4n) is 3.18. The maximum Gasteiger partial charge on any atom is 0.0705 e. The lowest BCUT2D eigenvalue weighted by molar-refractivity contribution is 0.191. The fraction of sp³-hybridized carbons (Fsp3) is 0.500. The van der Waals surface area contributed by atoms with Crippen molar-refractivity contribution in [2.45, 2.75) is 38.8 Å². The predicted octanol–water partition coefficient (Wildman–Crippen LogP) is 3.20. The third-order valence-electron chi connectivity index (χ3n) is 4.40. The second-order valence-corrected chi connectivity index (χ2v) is 5.99. The number of piperidine rings is 1. The number of aromatic nitrogens is 1. The minimum atomic E-state index is 0.718. The molecule has 3 heteroatoms. The van der Waals surface area contributed by atoms with Gasteiger partial charge in [0.25, 0.3) is 0 Å². The van der Waals surface area contributed by atoms with Crippen LogP contribution in [0.1, 0.15) is 31.7 Å². The van der Waals surface area contributed by atoms with Crippen LogP contribution in [0.3, 0.4) is 0 Å². The molecule has 0 radical (unpaired) electrons. The summed E-state index contributed by atoms with van der Waals surface area (Å²) in [6.45, 7) is 6.82. The lowest BCUT2D eigenvalue weighted by Crippen LogP contribution is -2.42. The second kappa shape index (κ2) is 7.01. The van der Waals surface area contributed by atoms with Crippen molar-refractivity contribution < 1.29 is 0 Å². The summed E-state index contributed by atoms with van der Waals surface area (Å²) in [6.07, 6.45) is 5.70. The van der Waals surface area contributed by atoms with E-state index < -0.39 is 0 Å². The third kappa shape index (κ3) is 3.60. The van der Waals surface area contributed by atoms with Crippen LogP contribution in [-0.4, -0.2) is 35.6 Å². The molecule has 2 heterocycles. The lowest BCUT2D eigenvalue weighted by atomic mass is 10.0. The van der Waals surface area contributed by atoms with E-state index in [1.165, 1.54) is 43.3 Å². The van der Waals surface area contributed by atoms with Crippen LogP contribution < -0.4 is 5.32 Å². The lowest BCUT2D eigenvalue weighted by Gasteiger charge is -2.32. The number of fused-ring (bicyclic) bond motifs is 1. The summed E-state index contributed by atoms with van der Waals surface area (Å²) in [5.74, 6) is 0. The third-order valence-corrected chi connectivity index (χ3v) is 4.40. The Kier molecular flexibility index (Phi) is 4.84. The van der Waals surface area contributed by atoms with Gasteiger partial charge in [-0.15, -0.1) is 0 Å². The van der Waals surface area contributed by atoms with Crippen molar-refractivity contribution in [3.8, 4) is 0 Å². The SMILES string of the molecule is CCCNC1CCN(Cc2ccnc3ccccc23)CC1. The van der Waals surface area contributed by atoms with Crippen LogP contribution in [0.5, 0.6) is 0 Å². The number of hydrogen-bond donors (Lipinski definition) is 1. The van der Waals surface area contributed by atoms with Crippen molar-refractivity contribution in [2.24, 2.45) is 0 Å². The zero-order valence-corrected chi connectivity index (χ0v) is 12.9. The van der Waals surface area contributed by atoms with Crippen molar-refractivity contribution in [1.29, 1.82) is 0 Å². The number of para-hydroxylation sites is 1. The van der Waals surface area contributed by atoms with E-state index in [9.17, 15) is 0 Å². The summed E-state index contributed by atoms with van der Waals surface area (Å²) in [5.41, 5.74) is 2.51. The van der Waals surface area contributed by atoms with Crippen LogP contribution in [-0.2, 0) is 6.54 Å². The standard InChI is InChI=1S/C18H25N3/c1-2-10-19-16-8-12-21(13-9-16)14-15-7-11-20-18-6-4-3-5-17(15)18/h3-7,11,16,19H,2,8-10,12-14H2,1H3. The van der Waals surface area contributed by atoms with E-state index >= 15 is 0 Å². The van der Waals surface area contributed by atoms with Crippen LogP contribution in [0.2, 0.25) is 0 Å². The van der Waals surface area contributed by atoms with Crippen molar-refractivity contribution in [3.05, 3.63) is 42.1 Å². The highest BCUT2D eigenvalue weighted by atomic mass is 15.1. The summed E-state index contributed by atoms with van der Waals surface area (Å²) in [4.78, 5) is 7.03. The first-order valence-electron chi connectivity index (χ1n) is 8.15. The van der Waals surface area contributed by atoms with Gasteiger partial charge < -0.3 is 5.32 Å². The van der Waals surface area contributed by atoms with Gasteiger partial charge in [-0.25, -0.2) is 0 Å². The highest BCUT2D eigenvalue weighted by molar-refractivity contribution is 5.81. The molecule has 0 atom stereocenters. The number of nitrogens with one attached hydrogen (secondary N) is 1. The Bertz CT molecular complexity index is 568. The molecule has 3 nitrogen and oxygen atoms in total. The molecule has 1 aromatic heterocycles.